The molecule has 1 atom stereocenters. The SMILES string of the molecule is CCC(C(=O)NCc1cccc(OC(C)C)c1)N(c1cccc(C)c1)S(C)(=O)=O. The second kappa shape index (κ2) is 9.78. The van der Waals surface area contributed by atoms with Crippen LogP contribution < -0.4 is 14.4 Å². The Bertz CT molecular complexity index is 941. The van der Waals surface area contributed by atoms with Crippen molar-refractivity contribution in [3.8, 4) is 5.75 Å². The van der Waals surface area contributed by atoms with E-state index in [1.54, 1.807) is 25.1 Å². The summed E-state index contributed by atoms with van der Waals surface area (Å²) in [4.78, 5) is 12.9. The Kier molecular flexibility index (Phi) is 7.67. The molecule has 0 aliphatic heterocycles. The smallest absolute Gasteiger partial charge is 0.244 e. The first-order chi connectivity index (χ1) is 13.6. The lowest BCUT2D eigenvalue weighted by atomic mass is 10.1. The van der Waals surface area contributed by atoms with Gasteiger partial charge in [-0.15, -0.1) is 0 Å². The number of ether oxygens (including phenoxy) is 1. The van der Waals surface area contributed by atoms with Crippen molar-refractivity contribution < 1.29 is 17.9 Å². The molecule has 0 radical (unpaired) electrons. The normalized spacial score (nSPS) is 12.5. The Labute approximate surface area is 173 Å². The lowest BCUT2D eigenvalue weighted by molar-refractivity contribution is -0.122. The molecule has 2 rings (SSSR count). The van der Waals surface area contributed by atoms with E-state index in [-0.39, 0.29) is 18.6 Å². The third-order valence-electron chi connectivity index (χ3n) is 4.32. The standard InChI is InChI=1S/C22H30N2O4S/c1-6-21(24(29(5,26)27)19-11-7-9-17(4)13-19)22(25)23-15-18-10-8-12-20(14-18)28-16(2)3/h7-14,16,21H,6,15H2,1-5H3,(H,23,25). The summed E-state index contributed by atoms with van der Waals surface area (Å²) >= 11 is 0. The van der Waals surface area contributed by atoms with Gasteiger partial charge in [-0.2, -0.15) is 0 Å². The zero-order chi connectivity index (χ0) is 21.6. The largest absolute Gasteiger partial charge is 0.491 e. The lowest BCUT2D eigenvalue weighted by Crippen LogP contribution is -2.49. The molecule has 158 valence electrons. The molecule has 0 saturated carbocycles. The van der Waals surface area contributed by atoms with E-state index in [4.69, 9.17) is 4.74 Å². The quantitative estimate of drug-likeness (QED) is 0.675. The first-order valence-corrected chi connectivity index (χ1v) is 11.6. The predicted molar refractivity (Wildman–Crippen MR) is 117 cm³/mol. The van der Waals surface area contributed by atoms with Gasteiger partial charge in [0.15, 0.2) is 0 Å². The number of benzene rings is 2. The summed E-state index contributed by atoms with van der Waals surface area (Å²) in [5.41, 5.74) is 2.29. The van der Waals surface area contributed by atoms with Gasteiger partial charge in [-0.1, -0.05) is 31.2 Å². The van der Waals surface area contributed by atoms with Gasteiger partial charge < -0.3 is 10.1 Å². The zero-order valence-electron chi connectivity index (χ0n) is 17.7. The van der Waals surface area contributed by atoms with Crippen molar-refractivity contribution in [2.75, 3.05) is 10.6 Å². The van der Waals surface area contributed by atoms with E-state index in [2.05, 4.69) is 5.32 Å². The van der Waals surface area contributed by atoms with Gasteiger partial charge in [-0.3, -0.25) is 9.10 Å². The molecule has 0 aliphatic rings. The molecule has 0 fully saturated rings. The Morgan fingerprint density at radius 2 is 1.83 bits per heavy atom. The molecule has 0 aromatic heterocycles. The summed E-state index contributed by atoms with van der Waals surface area (Å²) in [6.07, 6.45) is 1.53. The van der Waals surface area contributed by atoms with Crippen LogP contribution >= 0.6 is 0 Å². The maximum absolute atomic E-state index is 12.9. The van der Waals surface area contributed by atoms with E-state index in [0.29, 0.717) is 12.1 Å². The van der Waals surface area contributed by atoms with Gasteiger partial charge in [0.25, 0.3) is 0 Å². The van der Waals surface area contributed by atoms with E-state index in [1.165, 1.54) is 4.31 Å². The van der Waals surface area contributed by atoms with Gasteiger partial charge in [-0.05, 0) is 62.6 Å². The molecule has 29 heavy (non-hydrogen) atoms. The van der Waals surface area contributed by atoms with Crippen molar-refractivity contribution in [3.05, 3.63) is 59.7 Å². The molecule has 0 heterocycles. The number of nitrogens with zero attached hydrogens (tertiary/aromatic N) is 1. The minimum atomic E-state index is -3.64. The van der Waals surface area contributed by atoms with Crippen LogP contribution in [0.15, 0.2) is 48.5 Å². The second-order valence-corrected chi connectivity index (χ2v) is 9.21. The highest BCUT2D eigenvalue weighted by Gasteiger charge is 2.31. The van der Waals surface area contributed by atoms with Crippen molar-refractivity contribution >= 4 is 21.6 Å². The number of sulfonamides is 1. The molecule has 1 N–H and O–H groups in total. The van der Waals surface area contributed by atoms with Gasteiger partial charge in [0, 0.05) is 6.54 Å². The number of aryl methyl sites for hydroxylation is 1. The van der Waals surface area contributed by atoms with E-state index in [1.807, 2.05) is 51.1 Å². The highest BCUT2D eigenvalue weighted by Crippen LogP contribution is 2.23. The average Bonchev–Trinajstić information content (AvgIpc) is 2.62. The van der Waals surface area contributed by atoms with E-state index >= 15 is 0 Å². The van der Waals surface area contributed by atoms with Crippen LogP contribution in [0.5, 0.6) is 5.75 Å². The number of hydrogen-bond donors (Lipinski definition) is 1. The number of nitrogens with one attached hydrogen (secondary N) is 1. The minimum Gasteiger partial charge on any atom is -0.491 e. The van der Waals surface area contributed by atoms with Crippen LogP contribution in [0.3, 0.4) is 0 Å². The van der Waals surface area contributed by atoms with Crippen LogP contribution in [-0.2, 0) is 21.4 Å². The van der Waals surface area contributed by atoms with Crippen LogP contribution in [0.25, 0.3) is 0 Å². The first-order valence-electron chi connectivity index (χ1n) is 9.71. The van der Waals surface area contributed by atoms with Crippen LogP contribution in [0, 0.1) is 6.92 Å². The molecule has 0 aliphatic carbocycles. The highest BCUT2D eigenvalue weighted by atomic mass is 32.2. The zero-order valence-corrected chi connectivity index (χ0v) is 18.5. The van der Waals surface area contributed by atoms with Gasteiger partial charge in [0.1, 0.15) is 11.8 Å². The Hall–Kier alpha value is -2.54. The Balaban J connectivity index is 2.20. The van der Waals surface area contributed by atoms with Crippen molar-refractivity contribution in [3.63, 3.8) is 0 Å². The Morgan fingerprint density at radius 1 is 1.14 bits per heavy atom. The third-order valence-corrected chi connectivity index (χ3v) is 5.50. The molecule has 7 heteroatoms. The fourth-order valence-corrected chi connectivity index (χ4v) is 4.34. The number of amides is 1. The summed E-state index contributed by atoms with van der Waals surface area (Å²) in [7, 11) is -3.64. The summed E-state index contributed by atoms with van der Waals surface area (Å²) < 4.78 is 31.9. The van der Waals surface area contributed by atoms with Crippen LogP contribution in [0.1, 0.15) is 38.3 Å². The van der Waals surface area contributed by atoms with Gasteiger partial charge in [0.2, 0.25) is 15.9 Å². The molecule has 2 aromatic carbocycles. The van der Waals surface area contributed by atoms with E-state index < -0.39 is 16.1 Å². The number of carbonyl (C=O) groups excluding carboxylic acids is 1. The van der Waals surface area contributed by atoms with E-state index in [0.717, 1.165) is 23.1 Å². The highest BCUT2D eigenvalue weighted by molar-refractivity contribution is 7.92. The predicted octanol–water partition coefficient (Wildman–Crippen LogP) is 3.64. The second-order valence-electron chi connectivity index (χ2n) is 7.35. The van der Waals surface area contributed by atoms with E-state index in [9.17, 15) is 13.2 Å². The van der Waals surface area contributed by atoms with Crippen molar-refractivity contribution in [1.29, 1.82) is 0 Å². The number of hydrogen-bond acceptors (Lipinski definition) is 4. The monoisotopic (exact) mass is 418 g/mol. The maximum atomic E-state index is 12.9. The first kappa shape index (κ1) is 22.7. The van der Waals surface area contributed by atoms with Crippen LogP contribution in [-0.4, -0.2) is 32.7 Å². The summed E-state index contributed by atoms with van der Waals surface area (Å²) in [6, 6.07) is 13.8. The summed E-state index contributed by atoms with van der Waals surface area (Å²) in [6.45, 7) is 7.87. The maximum Gasteiger partial charge on any atom is 0.244 e. The van der Waals surface area contributed by atoms with Gasteiger partial charge >= 0.3 is 0 Å². The van der Waals surface area contributed by atoms with Crippen molar-refractivity contribution in [2.24, 2.45) is 0 Å². The summed E-state index contributed by atoms with van der Waals surface area (Å²) in [5, 5.41) is 2.87. The molecule has 0 saturated heterocycles. The summed E-state index contributed by atoms with van der Waals surface area (Å²) in [5.74, 6) is 0.394. The number of carbonyl (C=O) groups is 1. The topological polar surface area (TPSA) is 75.7 Å². The van der Waals surface area contributed by atoms with Crippen molar-refractivity contribution in [2.45, 2.75) is 52.8 Å². The fraction of sp³-hybridized carbons (Fsp3) is 0.409. The molecule has 1 unspecified atom stereocenters. The molecule has 1 amide bonds. The fourth-order valence-electron chi connectivity index (χ4n) is 3.13. The molecular weight excluding hydrogens is 388 g/mol. The molecule has 2 aromatic rings. The Morgan fingerprint density at radius 3 is 2.41 bits per heavy atom. The number of anilines is 1. The van der Waals surface area contributed by atoms with Crippen LogP contribution in [0.2, 0.25) is 0 Å². The molecule has 6 nitrogen and oxygen atoms in total. The third kappa shape index (κ3) is 6.49. The lowest BCUT2D eigenvalue weighted by Gasteiger charge is -2.30. The molecule has 0 bridgehead atoms. The van der Waals surface area contributed by atoms with Gasteiger partial charge in [-0.25, -0.2) is 8.42 Å². The molecule has 0 spiro atoms. The van der Waals surface area contributed by atoms with Crippen LogP contribution in [0.4, 0.5) is 5.69 Å². The minimum absolute atomic E-state index is 0.0574. The van der Waals surface area contributed by atoms with Crippen molar-refractivity contribution in [1.82, 2.24) is 5.32 Å². The number of rotatable bonds is 9. The average molecular weight is 419 g/mol. The molecular formula is C22H30N2O4S. The van der Waals surface area contributed by atoms with Gasteiger partial charge in [0.05, 0.1) is 18.0 Å².